The first-order valence-corrected chi connectivity index (χ1v) is 10.1. The molecule has 4 aromatic rings. The zero-order valence-electron chi connectivity index (χ0n) is 16.3. The maximum Gasteiger partial charge on any atom is 0.373 e. The number of fused-ring (bicyclic) bond motifs is 1. The third-order valence-corrected chi connectivity index (χ3v) is 5.56. The molecule has 3 aromatic heterocycles. The number of ether oxygens (including phenoxy) is 1. The Balaban J connectivity index is 1.86. The fourth-order valence-corrected chi connectivity index (χ4v) is 4.24. The highest BCUT2D eigenvalue weighted by Crippen LogP contribution is 2.31. The molecule has 4 rings (SSSR count). The predicted molar refractivity (Wildman–Crippen MR) is 113 cm³/mol. The molecule has 0 saturated heterocycles. The van der Waals surface area contributed by atoms with Crippen LogP contribution < -0.4 is 5.56 Å². The molecule has 0 fully saturated rings. The van der Waals surface area contributed by atoms with Crippen molar-refractivity contribution >= 4 is 27.5 Å². The van der Waals surface area contributed by atoms with Crippen molar-refractivity contribution in [3.8, 4) is 11.1 Å². The van der Waals surface area contributed by atoms with Gasteiger partial charge >= 0.3 is 5.97 Å². The Labute approximate surface area is 171 Å². The van der Waals surface area contributed by atoms with E-state index >= 15 is 0 Å². The number of furan rings is 1. The van der Waals surface area contributed by atoms with E-state index in [4.69, 9.17) is 9.40 Å². The number of thiophene rings is 1. The number of hydrogen-bond donors (Lipinski definition) is 0. The Kier molecular flexibility index (Phi) is 5.07. The molecule has 148 valence electrons. The van der Waals surface area contributed by atoms with Crippen molar-refractivity contribution in [1.29, 1.82) is 0 Å². The van der Waals surface area contributed by atoms with E-state index in [0.717, 1.165) is 16.0 Å². The van der Waals surface area contributed by atoms with Gasteiger partial charge in [0.1, 0.15) is 16.4 Å². The summed E-state index contributed by atoms with van der Waals surface area (Å²) in [6.45, 7) is 4.19. The third kappa shape index (κ3) is 3.49. The van der Waals surface area contributed by atoms with E-state index < -0.39 is 5.97 Å². The van der Waals surface area contributed by atoms with E-state index in [9.17, 15) is 9.59 Å². The van der Waals surface area contributed by atoms with Gasteiger partial charge in [-0.1, -0.05) is 44.2 Å². The molecule has 0 saturated carbocycles. The van der Waals surface area contributed by atoms with Crippen molar-refractivity contribution in [2.45, 2.75) is 26.3 Å². The highest BCUT2D eigenvalue weighted by atomic mass is 32.1. The van der Waals surface area contributed by atoms with Gasteiger partial charge in [0.15, 0.2) is 0 Å². The summed E-state index contributed by atoms with van der Waals surface area (Å²) in [4.78, 5) is 30.7. The molecular formula is C22H20N2O4S. The van der Waals surface area contributed by atoms with Crippen LogP contribution in [0.2, 0.25) is 0 Å². The van der Waals surface area contributed by atoms with Gasteiger partial charge in [-0.15, -0.1) is 11.3 Å². The molecule has 0 aliphatic rings. The topological polar surface area (TPSA) is 74.3 Å². The maximum absolute atomic E-state index is 13.5. The summed E-state index contributed by atoms with van der Waals surface area (Å²) >= 11 is 1.47. The summed E-state index contributed by atoms with van der Waals surface area (Å²) in [5.74, 6) is 0.776. The normalized spacial score (nSPS) is 11.3. The summed E-state index contributed by atoms with van der Waals surface area (Å²) in [5, 5.41) is 2.58. The molecule has 6 nitrogen and oxygen atoms in total. The van der Waals surface area contributed by atoms with Crippen molar-refractivity contribution in [2.75, 3.05) is 7.11 Å². The number of aromatic nitrogens is 2. The molecule has 0 unspecified atom stereocenters. The second-order valence-electron chi connectivity index (χ2n) is 6.97. The van der Waals surface area contributed by atoms with Crippen LogP contribution in [0.3, 0.4) is 0 Å². The number of rotatable bonds is 5. The third-order valence-electron chi connectivity index (χ3n) is 4.69. The molecule has 3 heterocycles. The SMILES string of the molecule is COC(=O)c1ccc(Cn2c(C(C)C)nc3scc(-c4ccccc4)c3c2=O)o1. The van der Waals surface area contributed by atoms with Crippen molar-refractivity contribution in [3.05, 3.63) is 75.5 Å². The van der Waals surface area contributed by atoms with Crippen LogP contribution in [0.15, 0.2) is 57.1 Å². The summed E-state index contributed by atoms with van der Waals surface area (Å²) < 4.78 is 11.9. The van der Waals surface area contributed by atoms with Gasteiger partial charge in [0.25, 0.3) is 5.56 Å². The lowest BCUT2D eigenvalue weighted by atomic mass is 10.1. The number of methoxy groups -OCH3 is 1. The van der Waals surface area contributed by atoms with Gasteiger partial charge in [-0.25, -0.2) is 9.78 Å². The molecule has 1 aromatic carbocycles. The molecule has 29 heavy (non-hydrogen) atoms. The largest absolute Gasteiger partial charge is 0.463 e. The average Bonchev–Trinajstić information content (AvgIpc) is 3.37. The van der Waals surface area contributed by atoms with Gasteiger partial charge in [-0.3, -0.25) is 9.36 Å². The van der Waals surface area contributed by atoms with Gasteiger partial charge in [-0.2, -0.15) is 0 Å². The monoisotopic (exact) mass is 408 g/mol. The summed E-state index contributed by atoms with van der Waals surface area (Å²) in [7, 11) is 1.30. The van der Waals surface area contributed by atoms with Crippen LogP contribution in [-0.4, -0.2) is 22.6 Å². The zero-order valence-corrected chi connectivity index (χ0v) is 17.2. The molecule has 0 spiro atoms. The Morgan fingerprint density at radius 3 is 2.66 bits per heavy atom. The second kappa shape index (κ2) is 7.67. The van der Waals surface area contributed by atoms with Crippen molar-refractivity contribution < 1.29 is 13.9 Å². The average molecular weight is 408 g/mol. The smallest absolute Gasteiger partial charge is 0.373 e. The van der Waals surface area contributed by atoms with Crippen LogP contribution in [0, 0.1) is 0 Å². The lowest BCUT2D eigenvalue weighted by Crippen LogP contribution is -2.26. The Hall–Kier alpha value is -3.19. The number of benzene rings is 1. The maximum atomic E-state index is 13.5. The predicted octanol–water partition coefficient (Wildman–Crippen LogP) is 4.68. The van der Waals surface area contributed by atoms with Gasteiger partial charge in [0.05, 0.1) is 19.0 Å². The highest BCUT2D eigenvalue weighted by molar-refractivity contribution is 7.17. The molecule has 0 aliphatic carbocycles. The van der Waals surface area contributed by atoms with E-state index in [0.29, 0.717) is 17.0 Å². The Morgan fingerprint density at radius 2 is 1.97 bits per heavy atom. The van der Waals surface area contributed by atoms with E-state index in [-0.39, 0.29) is 23.8 Å². The molecule has 0 atom stereocenters. The summed E-state index contributed by atoms with van der Waals surface area (Å²) in [6, 6.07) is 13.0. The van der Waals surface area contributed by atoms with Crippen LogP contribution in [0.25, 0.3) is 21.3 Å². The second-order valence-corrected chi connectivity index (χ2v) is 7.83. The van der Waals surface area contributed by atoms with Crippen LogP contribution in [0.4, 0.5) is 0 Å². The summed E-state index contributed by atoms with van der Waals surface area (Å²) in [5.41, 5.74) is 1.74. The molecule has 0 bridgehead atoms. The fraction of sp³-hybridized carbons (Fsp3) is 0.227. The van der Waals surface area contributed by atoms with Gasteiger partial charge in [0, 0.05) is 16.9 Å². The first-order chi connectivity index (χ1) is 14.0. The Bertz CT molecular complexity index is 1230. The molecule has 0 N–H and O–H groups in total. The first-order valence-electron chi connectivity index (χ1n) is 9.24. The van der Waals surface area contributed by atoms with Gasteiger partial charge in [-0.05, 0) is 17.7 Å². The number of carbonyl (C=O) groups excluding carboxylic acids is 1. The standard InChI is InChI=1S/C22H20N2O4S/c1-13(2)19-23-20-18(16(12-29-20)14-7-5-4-6-8-14)21(25)24(19)11-15-9-10-17(28-15)22(26)27-3/h4-10,12-13H,11H2,1-3H3. The van der Waals surface area contributed by atoms with Crippen molar-refractivity contribution in [3.63, 3.8) is 0 Å². The zero-order chi connectivity index (χ0) is 20.5. The van der Waals surface area contributed by atoms with E-state index in [1.807, 2.05) is 49.6 Å². The molecule has 7 heteroatoms. The quantitative estimate of drug-likeness (QED) is 0.449. The minimum absolute atomic E-state index is 0.0458. The van der Waals surface area contributed by atoms with Gasteiger partial charge < -0.3 is 9.15 Å². The van der Waals surface area contributed by atoms with Crippen LogP contribution in [0.5, 0.6) is 0 Å². The molecule has 0 aliphatic heterocycles. The number of carbonyl (C=O) groups is 1. The number of nitrogens with zero attached hydrogens (tertiary/aromatic N) is 2. The van der Waals surface area contributed by atoms with Crippen LogP contribution in [0.1, 0.15) is 41.9 Å². The lowest BCUT2D eigenvalue weighted by Gasteiger charge is -2.14. The van der Waals surface area contributed by atoms with E-state index in [1.54, 1.807) is 16.7 Å². The van der Waals surface area contributed by atoms with Crippen LogP contribution in [-0.2, 0) is 11.3 Å². The first kappa shape index (κ1) is 19.1. The summed E-state index contributed by atoms with van der Waals surface area (Å²) in [6.07, 6.45) is 0. The highest BCUT2D eigenvalue weighted by Gasteiger charge is 2.20. The molecular weight excluding hydrogens is 388 g/mol. The van der Waals surface area contributed by atoms with Gasteiger partial charge in [0.2, 0.25) is 5.76 Å². The number of hydrogen-bond acceptors (Lipinski definition) is 6. The minimum atomic E-state index is -0.551. The fourth-order valence-electron chi connectivity index (χ4n) is 3.29. The van der Waals surface area contributed by atoms with Crippen molar-refractivity contribution in [2.24, 2.45) is 0 Å². The lowest BCUT2D eigenvalue weighted by molar-refractivity contribution is 0.0563. The van der Waals surface area contributed by atoms with E-state index in [2.05, 4.69) is 4.74 Å². The minimum Gasteiger partial charge on any atom is -0.463 e. The molecule has 0 radical (unpaired) electrons. The Morgan fingerprint density at radius 1 is 1.21 bits per heavy atom. The van der Waals surface area contributed by atoms with Crippen LogP contribution >= 0.6 is 11.3 Å². The van der Waals surface area contributed by atoms with Crippen molar-refractivity contribution in [1.82, 2.24) is 9.55 Å². The number of esters is 1. The molecule has 0 amide bonds. The van der Waals surface area contributed by atoms with E-state index in [1.165, 1.54) is 18.4 Å².